The van der Waals surface area contributed by atoms with Crippen molar-refractivity contribution in [3.63, 3.8) is 0 Å². The number of rotatable bonds is 6. The molecule has 1 amide bonds. The van der Waals surface area contributed by atoms with Gasteiger partial charge in [-0.1, -0.05) is 48.5 Å². The zero-order chi connectivity index (χ0) is 18.4. The summed E-state index contributed by atoms with van der Waals surface area (Å²) < 4.78 is 11.2. The third-order valence-corrected chi connectivity index (χ3v) is 4.77. The van der Waals surface area contributed by atoms with Gasteiger partial charge < -0.3 is 14.8 Å². The molecule has 0 aliphatic carbocycles. The Kier molecular flexibility index (Phi) is 6.39. The lowest BCUT2D eigenvalue weighted by molar-refractivity contribution is -0.0605. The van der Waals surface area contributed by atoms with E-state index < -0.39 is 0 Å². The molecule has 2 aromatic carbocycles. The normalized spacial score (nSPS) is 20.7. The molecule has 1 aliphatic heterocycles. The zero-order valence-electron chi connectivity index (χ0n) is 15.4. The van der Waals surface area contributed by atoms with Crippen LogP contribution in [0, 0.1) is 0 Å². The Bertz CT molecular complexity index is 720. The van der Waals surface area contributed by atoms with Gasteiger partial charge in [0.25, 0.3) is 5.91 Å². The SMILES string of the molecule is COCc1ccccc1C(=O)NC[C@@H]1OCCN(C)[C@H]1c1ccccc1. The lowest BCUT2D eigenvalue weighted by Gasteiger charge is -2.39. The number of benzene rings is 2. The number of hydrogen-bond donors (Lipinski definition) is 1. The number of hydrogen-bond acceptors (Lipinski definition) is 4. The summed E-state index contributed by atoms with van der Waals surface area (Å²) >= 11 is 0. The summed E-state index contributed by atoms with van der Waals surface area (Å²) in [7, 11) is 3.73. The second-order valence-corrected chi connectivity index (χ2v) is 6.55. The van der Waals surface area contributed by atoms with Crippen molar-refractivity contribution >= 4 is 5.91 Å². The van der Waals surface area contributed by atoms with E-state index in [-0.39, 0.29) is 18.1 Å². The van der Waals surface area contributed by atoms with E-state index >= 15 is 0 Å². The smallest absolute Gasteiger partial charge is 0.251 e. The standard InChI is InChI=1S/C21H26N2O3/c1-23-12-13-26-19(20(23)16-8-4-3-5-9-16)14-22-21(24)18-11-7-6-10-17(18)15-25-2/h3-11,19-20H,12-15H2,1-2H3,(H,22,24)/t19-,20-/m0/s1. The Hall–Kier alpha value is -2.21. The van der Waals surface area contributed by atoms with E-state index in [0.29, 0.717) is 25.3 Å². The van der Waals surface area contributed by atoms with E-state index in [4.69, 9.17) is 9.47 Å². The molecule has 0 saturated carbocycles. The maximum atomic E-state index is 12.7. The topological polar surface area (TPSA) is 50.8 Å². The van der Waals surface area contributed by atoms with Crippen molar-refractivity contribution in [2.75, 3.05) is 33.9 Å². The molecule has 5 heteroatoms. The monoisotopic (exact) mass is 354 g/mol. The highest BCUT2D eigenvalue weighted by Crippen LogP contribution is 2.28. The molecule has 0 radical (unpaired) electrons. The first-order chi connectivity index (χ1) is 12.7. The molecule has 1 aliphatic rings. The third kappa shape index (κ3) is 4.30. The van der Waals surface area contributed by atoms with E-state index in [1.807, 2.05) is 42.5 Å². The number of nitrogens with zero attached hydrogens (tertiary/aromatic N) is 1. The van der Waals surface area contributed by atoms with Crippen molar-refractivity contribution in [1.82, 2.24) is 10.2 Å². The van der Waals surface area contributed by atoms with Crippen LogP contribution in [-0.2, 0) is 16.1 Å². The Morgan fingerprint density at radius 1 is 1.19 bits per heavy atom. The minimum absolute atomic E-state index is 0.0883. The molecule has 1 fully saturated rings. The van der Waals surface area contributed by atoms with Gasteiger partial charge in [-0.2, -0.15) is 0 Å². The molecule has 1 N–H and O–H groups in total. The van der Waals surface area contributed by atoms with Gasteiger partial charge in [-0.15, -0.1) is 0 Å². The van der Waals surface area contributed by atoms with Crippen LogP contribution in [0.15, 0.2) is 54.6 Å². The van der Waals surface area contributed by atoms with Crippen LogP contribution in [0.5, 0.6) is 0 Å². The molecule has 2 aromatic rings. The average molecular weight is 354 g/mol. The van der Waals surface area contributed by atoms with Crippen LogP contribution in [0.1, 0.15) is 27.5 Å². The Morgan fingerprint density at radius 3 is 2.69 bits per heavy atom. The van der Waals surface area contributed by atoms with Crippen LogP contribution < -0.4 is 5.32 Å². The summed E-state index contributed by atoms with van der Waals surface area (Å²) in [5.41, 5.74) is 2.73. The molecule has 3 rings (SSSR count). The number of carbonyl (C=O) groups excluding carboxylic acids is 1. The quantitative estimate of drug-likeness (QED) is 0.866. The van der Waals surface area contributed by atoms with Gasteiger partial charge in [0.1, 0.15) is 0 Å². The van der Waals surface area contributed by atoms with E-state index in [2.05, 4.69) is 29.4 Å². The summed E-state index contributed by atoms with van der Waals surface area (Å²) in [6.07, 6.45) is -0.0883. The van der Waals surface area contributed by atoms with Crippen LogP contribution in [-0.4, -0.2) is 50.8 Å². The highest BCUT2D eigenvalue weighted by Gasteiger charge is 2.31. The lowest BCUT2D eigenvalue weighted by Crippen LogP contribution is -2.48. The van der Waals surface area contributed by atoms with Crippen LogP contribution in [0.3, 0.4) is 0 Å². The first-order valence-corrected chi connectivity index (χ1v) is 8.92. The van der Waals surface area contributed by atoms with Gasteiger partial charge in [0, 0.05) is 25.8 Å². The summed E-state index contributed by atoms with van der Waals surface area (Å²) in [5.74, 6) is -0.0960. The van der Waals surface area contributed by atoms with Gasteiger partial charge in [0.15, 0.2) is 0 Å². The van der Waals surface area contributed by atoms with Crippen LogP contribution in [0.2, 0.25) is 0 Å². The van der Waals surface area contributed by atoms with Gasteiger partial charge >= 0.3 is 0 Å². The lowest BCUT2D eigenvalue weighted by atomic mass is 9.98. The minimum Gasteiger partial charge on any atom is -0.380 e. The predicted octanol–water partition coefficient (Wildman–Crippen LogP) is 2.63. The van der Waals surface area contributed by atoms with Crippen molar-refractivity contribution in [2.45, 2.75) is 18.8 Å². The fourth-order valence-corrected chi connectivity index (χ4v) is 3.46. The summed E-state index contributed by atoms with van der Waals surface area (Å²) in [6, 6.07) is 17.9. The van der Waals surface area contributed by atoms with Gasteiger partial charge in [-0.05, 0) is 24.2 Å². The van der Waals surface area contributed by atoms with Crippen molar-refractivity contribution in [1.29, 1.82) is 0 Å². The van der Waals surface area contributed by atoms with Crippen LogP contribution in [0.4, 0.5) is 0 Å². The summed E-state index contributed by atoms with van der Waals surface area (Å²) in [6.45, 7) is 2.42. The average Bonchev–Trinajstić information content (AvgIpc) is 2.67. The third-order valence-electron chi connectivity index (χ3n) is 4.77. The number of carbonyl (C=O) groups is 1. The molecule has 2 atom stereocenters. The largest absolute Gasteiger partial charge is 0.380 e. The van der Waals surface area contributed by atoms with E-state index in [1.54, 1.807) is 7.11 Å². The van der Waals surface area contributed by atoms with Gasteiger partial charge in [-0.25, -0.2) is 0 Å². The van der Waals surface area contributed by atoms with E-state index in [1.165, 1.54) is 5.56 Å². The van der Waals surface area contributed by atoms with Crippen molar-refractivity contribution in [2.24, 2.45) is 0 Å². The molecule has 1 heterocycles. The minimum atomic E-state index is -0.0960. The highest BCUT2D eigenvalue weighted by molar-refractivity contribution is 5.95. The highest BCUT2D eigenvalue weighted by atomic mass is 16.5. The van der Waals surface area contributed by atoms with Crippen molar-refractivity contribution in [3.05, 3.63) is 71.3 Å². The number of morpholine rings is 1. The van der Waals surface area contributed by atoms with E-state index in [0.717, 1.165) is 12.1 Å². The molecule has 0 unspecified atom stereocenters. The van der Waals surface area contributed by atoms with Gasteiger partial charge in [0.2, 0.25) is 0 Å². The Morgan fingerprint density at radius 2 is 1.92 bits per heavy atom. The Labute approximate surface area is 154 Å². The molecular formula is C21H26N2O3. The van der Waals surface area contributed by atoms with Gasteiger partial charge in [0.05, 0.1) is 25.4 Å². The molecule has 5 nitrogen and oxygen atoms in total. The second kappa shape index (κ2) is 8.94. The molecule has 0 aromatic heterocycles. The molecular weight excluding hydrogens is 328 g/mol. The van der Waals surface area contributed by atoms with Crippen LogP contribution >= 0.6 is 0 Å². The van der Waals surface area contributed by atoms with Crippen molar-refractivity contribution in [3.8, 4) is 0 Å². The predicted molar refractivity (Wildman–Crippen MR) is 101 cm³/mol. The zero-order valence-corrected chi connectivity index (χ0v) is 15.4. The number of likely N-dealkylation sites (N-methyl/N-ethyl adjacent to an activating group) is 1. The first kappa shape index (κ1) is 18.6. The second-order valence-electron chi connectivity index (χ2n) is 6.55. The van der Waals surface area contributed by atoms with Gasteiger partial charge in [-0.3, -0.25) is 9.69 Å². The van der Waals surface area contributed by atoms with E-state index in [9.17, 15) is 4.79 Å². The number of methoxy groups -OCH3 is 1. The first-order valence-electron chi connectivity index (χ1n) is 8.92. The molecule has 0 spiro atoms. The number of ether oxygens (including phenoxy) is 2. The summed E-state index contributed by atoms with van der Waals surface area (Å²) in [4.78, 5) is 15.0. The number of amides is 1. The van der Waals surface area contributed by atoms with Crippen molar-refractivity contribution < 1.29 is 14.3 Å². The number of nitrogens with one attached hydrogen (secondary N) is 1. The molecule has 26 heavy (non-hydrogen) atoms. The maximum Gasteiger partial charge on any atom is 0.251 e. The Balaban J connectivity index is 1.70. The fraction of sp³-hybridized carbons (Fsp3) is 0.381. The fourth-order valence-electron chi connectivity index (χ4n) is 3.46. The molecule has 1 saturated heterocycles. The summed E-state index contributed by atoms with van der Waals surface area (Å²) in [5, 5.41) is 3.04. The van der Waals surface area contributed by atoms with Crippen LogP contribution in [0.25, 0.3) is 0 Å². The molecule has 138 valence electrons. The molecule has 0 bridgehead atoms. The maximum absolute atomic E-state index is 12.7.